The Bertz CT molecular complexity index is 174. The van der Waals surface area contributed by atoms with Gasteiger partial charge in [0.25, 0.3) is 14.1 Å². The molecular weight excluding hydrogens is 195 g/mol. The molecule has 0 aromatic heterocycles. The van der Waals surface area contributed by atoms with E-state index >= 15 is 0 Å². The first kappa shape index (κ1) is 13.6. The minimum Gasteiger partial charge on any atom is -0.0964 e. The standard InChI is InChI=1S/C10H19.2C2H5.Al/c1-4-10-6-8(2)5-9(3)7-10;2*1-2;/h8-9H,4-7H2,1-3H3;2*1H2,2H3;. The van der Waals surface area contributed by atoms with Gasteiger partial charge in [0.05, 0.1) is 0 Å². The second kappa shape index (κ2) is 5.74. The molecule has 88 valence electrons. The number of hydrogen-bond acceptors (Lipinski definition) is 0. The minimum absolute atomic E-state index is 0.486. The van der Waals surface area contributed by atoms with Gasteiger partial charge in [0, 0.05) is 0 Å². The lowest BCUT2D eigenvalue weighted by Crippen LogP contribution is -2.37. The largest absolute Gasteiger partial charge is 0.269 e. The van der Waals surface area contributed by atoms with E-state index in [2.05, 4.69) is 34.6 Å². The van der Waals surface area contributed by atoms with Crippen LogP contribution in [-0.4, -0.2) is 14.1 Å². The molecule has 0 radical (unpaired) electrons. The molecule has 1 heteroatoms. The molecule has 2 unspecified atom stereocenters. The van der Waals surface area contributed by atoms with Gasteiger partial charge >= 0.3 is 0 Å². The fourth-order valence-corrected chi connectivity index (χ4v) is 8.75. The van der Waals surface area contributed by atoms with Crippen molar-refractivity contribution in [3.63, 3.8) is 0 Å². The minimum atomic E-state index is -0.486. The van der Waals surface area contributed by atoms with E-state index in [0.29, 0.717) is 0 Å². The Morgan fingerprint density at radius 2 is 1.47 bits per heavy atom. The first-order chi connectivity index (χ1) is 7.07. The Balaban J connectivity index is 2.81. The molecule has 0 heterocycles. The predicted molar refractivity (Wildman–Crippen MR) is 71.9 cm³/mol. The molecule has 0 bridgehead atoms. The smallest absolute Gasteiger partial charge is 0.0964 e. The van der Waals surface area contributed by atoms with E-state index in [4.69, 9.17) is 0 Å². The van der Waals surface area contributed by atoms with E-state index in [1.165, 1.54) is 23.4 Å². The Morgan fingerprint density at radius 1 is 1.00 bits per heavy atom. The van der Waals surface area contributed by atoms with E-state index in [9.17, 15) is 0 Å². The molecule has 1 aliphatic carbocycles. The monoisotopic (exact) mass is 224 g/mol. The average Bonchev–Trinajstić information content (AvgIpc) is 2.18. The molecule has 2 atom stereocenters. The van der Waals surface area contributed by atoms with Gasteiger partial charge in [-0.15, -0.1) is 0 Å². The Hall–Kier alpha value is 0.532. The van der Waals surface area contributed by atoms with Gasteiger partial charge in [-0.3, -0.25) is 0 Å². The van der Waals surface area contributed by atoms with Crippen LogP contribution in [0.4, 0.5) is 0 Å². The molecule has 0 nitrogen and oxygen atoms in total. The van der Waals surface area contributed by atoms with E-state index in [0.717, 1.165) is 16.1 Å². The lowest BCUT2D eigenvalue weighted by Gasteiger charge is -2.46. The topological polar surface area (TPSA) is 0 Å². The highest BCUT2D eigenvalue weighted by atomic mass is 27.2. The highest BCUT2D eigenvalue weighted by Gasteiger charge is 2.43. The molecule has 1 fully saturated rings. The first-order valence-electron chi connectivity index (χ1n) is 7.07. The van der Waals surface area contributed by atoms with Gasteiger partial charge in [-0.1, -0.05) is 68.7 Å². The molecule has 0 aliphatic heterocycles. The van der Waals surface area contributed by atoms with Gasteiger partial charge in [0.15, 0.2) is 0 Å². The molecule has 0 aromatic rings. The van der Waals surface area contributed by atoms with Gasteiger partial charge < -0.3 is 0 Å². The van der Waals surface area contributed by atoms with Crippen LogP contribution in [0.25, 0.3) is 0 Å². The summed E-state index contributed by atoms with van der Waals surface area (Å²) < 4.78 is 0.820. The second-order valence-electron chi connectivity index (χ2n) is 6.08. The van der Waals surface area contributed by atoms with Crippen molar-refractivity contribution >= 4 is 14.1 Å². The summed E-state index contributed by atoms with van der Waals surface area (Å²) in [5, 5.41) is 3.04. The van der Waals surface area contributed by atoms with Crippen LogP contribution in [0.2, 0.25) is 14.8 Å². The van der Waals surface area contributed by atoms with Crippen molar-refractivity contribution in [3.8, 4) is 0 Å². The zero-order valence-electron chi connectivity index (χ0n) is 11.5. The summed E-state index contributed by atoms with van der Waals surface area (Å²) in [5.74, 6) is 1.98. The normalized spacial score (nSPS) is 36.6. The molecular formula is C14H29Al. The Labute approximate surface area is 101 Å². The van der Waals surface area contributed by atoms with Gasteiger partial charge in [-0.2, -0.15) is 0 Å². The van der Waals surface area contributed by atoms with Crippen molar-refractivity contribution in [2.75, 3.05) is 0 Å². The zero-order valence-corrected chi connectivity index (χ0v) is 12.6. The predicted octanol–water partition coefficient (Wildman–Crippen LogP) is 5.13. The first-order valence-corrected chi connectivity index (χ1v) is 9.29. The molecule has 1 aliphatic rings. The van der Waals surface area contributed by atoms with Gasteiger partial charge in [0.1, 0.15) is 0 Å². The second-order valence-corrected chi connectivity index (χ2v) is 10.3. The number of hydrogen-bond donors (Lipinski definition) is 0. The van der Waals surface area contributed by atoms with Gasteiger partial charge in [-0.05, 0) is 18.3 Å². The summed E-state index contributed by atoms with van der Waals surface area (Å²) in [5.41, 5.74) is 0. The maximum atomic E-state index is 2.48. The van der Waals surface area contributed by atoms with Crippen LogP contribution in [0.15, 0.2) is 0 Å². The highest BCUT2D eigenvalue weighted by molar-refractivity contribution is 6.62. The third kappa shape index (κ3) is 3.01. The molecule has 0 amide bonds. The van der Waals surface area contributed by atoms with Crippen LogP contribution >= 0.6 is 0 Å². The van der Waals surface area contributed by atoms with Crippen molar-refractivity contribution < 1.29 is 0 Å². The van der Waals surface area contributed by atoms with Crippen LogP contribution in [0.3, 0.4) is 0 Å². The van der Waals surface area contributed by atoms with E-state index in [1.807, 2.05) is 0 Å². The van der Waals surface area contributed by atoms with Crippen molar-refractivity contribution in [2.45, 2.75) is 75.1 Å². The summed E-state index contributed by atoms with van der Waals surface area (Å²) in [6.07, 6.45) is 6.04. The average molecular weight is 224 g/mol. The molecule has 1 rings (SSSR count). The van der Waals surface area contributed by atoms with Crippen LogP contribution < -0.4 is 0 Å². The Morgan fingerprint density at radius 3 is 1.80 bits per heavy atom. The number of rotatable bonds is 4. The van der Waals surface area contributed by atoms with Crippen LogP contribution in [0.5, 0.6) is 0 Å². The molecule has 0 N–H and O–H groups in total. The quantitative estimate of drug-likeness (QED) is 0.581. The van der Waals surface area contributed by atoms with Crippen molar-refractivity contribution in [2.24, 2.45) is 11.8 Å². The van der Waals surface area contributed by atoms with Crippen LogP contribution in [-0.2, 0) is 0 Å². The van der Waals surface area contributed by atoms with E-state index in [1.54, 1.807) is 12.8 Å². The van der Waals surface area contributed by atoms with Crippen molar-refractivity contribution in [1.82, 2.24) is 0 Å². The van der Waals surface area contributed by atoms with E-state index < -0.39 is 14.1 Å². The molecule has 0 saturated heterocycles. The zero-order chi connectivity index (χ0) is 11.5. The third-order valence-electron chi connectivity index (χ3n) is 4.87. The van der Waals surface area contributed by atoms with Crippen molar-refractivity contribution in [3.05, 3.63) is 0 Å². The van der Waals surface area contributed by atoms with Crippen molar-refractivity contribution in [1.29, 1.82) is 0 Å². The Kier molecular flexibility index (Phi) is 5.20. The molecule has 0 aromatic carbocycles. The van der Waals surface area contributed by atoms with E-state index in [-0.39, 0.29) is 0 Å². The van der Waals surface area contributed by atoms with Gasteiger partial charge in [0.2, 0.25) is 0 Å². The summed E-state index contributed by atoms with van der Waals surface area (Å²) in [6, 6.07) is 0. The SMILES string of the molecule is C[CH2][Al]([CH2]C)[C]1(CC)CC(C)CC(C)C1. The van der Waals surface area contributed by atoms with Crippen LogP contribution in [0, 0.1) is 11.8 Å². The maximum absolute atomic E-state index is 2.48. The van der Waals surface area contributed by atoms with Crippen LogP contribution in [0.1, 0.15) is 60.3 Å². The molecule has 0 spiro atoms. The lowest BCUT2D eigenvalue weighted by molar-refractivity contribution is 0.222. The summed E-state index contributed by atoms with van der Waals surface area (Å²) in [7, 11) is 0. The lowest BCUT2D eigenvalue weighted by atomic mass is 9.75. The highest BCUT2D eigenvalue weighted by Crippen LogP contribution is 2.53. The summed E-state index contributed by atoms with van der Waals surface area (Å²) in [6.45, 7) is 12.3. The summed E-state index contributed by atoms with van der Waals surface area (Å²) >= 11 is -0.486. The fourth-order valence-electron chi connectivity index (χ4n) is 4.39. The fraction of sp³-hybridized carbons (Fsp3) is 1.00. The van der Waals surface area contributed by atoms with Gasteiger partial charge in [-0.25, -0.2) is 0 Å². The molecule has 15 heavy (non-hydrogen) atoms. The third-order valence-corrected chi connectivity index (χ3v) is 9.45. The maximum Gasteiger partial charge on any atom is 0.269 e. The summed E-state index contributed by atoms with van der Waals surface area (Å²) in [4.78, 5) is 0. The molecule has 1 saturated carbocycles.